The smallest absolute Gasteiger partial charge is 0.315 e. The highest BCUT2D eigenvalue weighted by Gasteiger charge is 2.40. The fourth-order valence-electron chi connectivity index (χ4n) is 2.47. The molecule has 0 saturated carbocycles. The van der Waals surface area contributed by atoms with Crippen LogP contribution < -0.4 is 10.6 Å². The molecule has 1 heterocycles. The molecule has 0 bridgehead atoms. The van der Waals surface area contributed by atoms with Gasteiger partial charge >= 0.3 is 6.03 Å². The van der Waals surface area contributed by atoms with Gasteiger partial charge in [0.15, 0.2) is 5.78 Å². The van der Waals surface area contributed by atoms with E-state index >= 15 is 0 Å². The lowest BCUT2D eigenvalue weighted by molar-refractivity contribution is -0.140. The number of likely N-dealkylation sites (tertiary alicyclic amines) is 1. The van der Waals surface area contributed by atoms with Gasteiger partial charge in [-0.1, -0.05) is 47.5 Å². The Balaban J connectivity index is 0.00000118. The molecule has 0 aromatic heterocycles. The highest BCUT2D eigenvalue weighted by Crippen LogP contribution is 2.25. The number of hydrogen-bond donors (Lipinski definition) is 2. The van der Waals surface area contributed by atoms with E-state index in [-0.39, 0.29) is 17.7 Å². The lowest BCUT2D eigenvalue weighted by atomic mass is 9.85. The van der Waals surface area contributed by atoms with Crippen molar-refractivity contribution in [2.24, 2.45) is 5.41 Å². The summed E-state index contributed by atoms with van der Waals surface area (Å²) in [5.74, 6) is -0.178. The quantitative estimate of drug-likeness (QED) is 0.825. The molecule has 6 heteroatoms. The van der Waals surface area contributed by atoms with Gasteiger partial charge in [-0.25, -0.2) is 4.79 Å². The van der Waals surface area contributed by atoms with Crippen molar-refractivity contribution in [3.63, 3.8) is 0 Å². The maximum Gasteiger partial charge on any atom is 0.315 e. The van der Waals surface area contributed by atoms with Crippen molar-refractivity contribution in [1.29, 1.82) is 0 Å². The van der Waals surface area contributed by atoms with Crippen LogP contribution in [0.15, 0.2) is 0 Å². The molecule has 3 amide bonds. The number of nitrogens with one attached hydrogen (secondary N) is 2. The van der Waals surface area contributed by atoms with E-state index in [2.05, 4.69) is 24.5 Å². The zero-order valence-electron chi connectivity index (χ0n) is 16.4. The molecule has 1 rings (SSSR count). The maximum absolute atomic E-state index is 12.7. The Labute approximate surface area is 146 Å². The monoisotopic (exact) mass is 341 g/mol. The molecule has 6 nitrogen and oxygen atoms in total. The molecule has 140 valence electrons. The van der Waals surface area contributed by atoms with Crippen molar-refractivity contribution >= 4 is 17.7 Å². The first-order chi connectivity index (χ1) is 11.1. The minimum Gasteiger partial charge on any atom is -0.341 e. The number of hydrogen-bond acceptors (Lipinski definition) is 3. The largest absolute Gasteiger partial charge is 0.341 e. The van der Waals surface area contributed by atoms with Gasteiger partial charge in [0.25, 0.3) is 0 Å². The summed E-state index contributed by atoms with van der Waals surface area (Å²) in [4.78, 5) is 37.5. The molecule has 1 aliphatic rings. The number of rotatable bonds is 4. The molecule has 0 aliphatic carbocycles. The van der Waals surface area contributed by atoms with Crippen molar-refractivity contribution in [3.8, 4) is 0 Å². The van der Waals surface area contributed by atoms with Crippen LogP contribution in [0.4, 0.5) is 4.79 Å². The molecule has 24 heavy (non-hydrogen) atoms. The van der Waals surface area contributed by atoms with Gasteiger partial charge in [0.1, 0.15) is 6.04 Å². The van der Waals surface area contributed by atoms with Gasteiger partial charge in [-0.15, -0.1) is 0 Å². The molecule has 0 spiro atoms. The van der Waals surface area contributed by atoms with Crippen LogP contribution in [0.2, 0.25) is 0 Å². The van der Waals surface area contributed by atoms with E-state index in [0.717, 1.165) is 6.42 Å². The predicted octanol–water partition coefficient (Wildman–Crippen LogP) is 2.72. The Kier molecular flexibility index (Phi) is 9.63. The average molecular weight is 341 g/mol. The molecule has 0 aromatic rings. The lowest BCUT2D eigenvalue weighted by Crippen LogP contribution is -2.57. The molecule has 1 aliphatic heterocycles. The van der Waals surface area contributed by atoms with Crippen LogP contribution in [0.1, 0.15) is 67.2 Å². The predicted molar refractivity (Wildman–Crippen MR) is 96.8 cm³/mol. The summed E-state index contributed by atoms with van der Waals surface area (Å²) in [5.41, 5.74) is -0.423. The van der Waals surface area contributed by atoms with Crippen molar-refractivity contribution in [2.75, 3.05) is 13.6 Å². The first-order valence-corrected chi connectivity index (χ1v) is 8.89. The van der Waals surface area contributed by atoms with Gasteiger partial charge < -0.3 is 15.5 Å². The van der Waals surface area contributed by atoms with Crippen LogP contribution in [0, 0.1) is 5.41 Å². The normalized spacial score (nSPS) is 18.3. The summed E-state index contributed by atoms with van der Waals surface area (Å²) in [7, 11) is 1.51. The van der Waals surface area contributed by atoms with E-state index in [1.807, 2.05) is 20.8 Å². The maximum atomic E-state index is 12.7. The Morgan fingerprint density at radius 3 is 2.08 bits per heavy atom. The lowest BCUT2D eigenvalue weighted by Gasteiger charge is -2.35. The second-order valence-electron chi connectivity index (χ2n) is 7.32. The summed E-state index contributed by atoms with van der Waals surface area (Å²) in [6.45, 7) is 12.1. The van der Waals surface area contributed by atoms with Crippen LogP contribution in [0.25, 0.3) is 0 Å². The number of ketones is 1. The topological polar surface area (TPSA) is 78.5 Å². The molecule has 0 aromatic carbocycles. The minimum atomic E-state index is -0.651. The number of carbonyl (C=O) groups excluding carboxylic acids is 3. The van der Waals surface area contributed by atoms with Gasteiger partial charge in [-0.05, 0) is 25.2 Å². The summed E-state index contributed by atoms with van der Waals surface area (Å²) < 4.78 is 0. The molecule has 1 fully saturated rings. The number of nitrogens with zero attached hydrogens (tertiary/aromatic N) is 1. The third-order valence-corrected chi connectivity index (χ3v) is 4.12. The van der Waals surface area contributed by atoms with Gasteiger partial charge in [-0.3, -0.25) is 9.59 Å². The second kappa shape index (κ2) is 10.3. The number of Topliss-reactive ketones (excluding diaryl/α,β-unsaturated/α-hetero) is 1. The Morgan fingerprint density at radius 1 is 1.17 bits per heavy atom. The van der Waals surface area contributed by atoms with Crippen LogP contribution in [-0.2, 0) is 9.59 Å². The van der Waals surface area contributed by atoms with Gasteiger partial charge in [0, 0.05) is 13.6 Å². The number of carbonyl (C=O) groups is 3. The van der Waals surface area contributed by atoms with Crippen molar-refractivity contribution < 1.29 is 14.4 Å². The van der Waals surface area contributed by atoms with Crippen molar-refractivity contribution in [3.05, 3.63) is 0 Å². The van der Waals surface area contributed by atoms with E-state index in [1.165, 1.54) is 26.8 Å². The molecule has 2 unspecified atom stereocenters. The summed E-state index contributed by atoms with van der Waals surface area (Å²) >= 11 is 0. The Bertz CT molecular complexity index is 428. The first-order valence-electron chi connectivity index (χ1n) is 8.89. The standard InChI is InChI=1S/C14H25N3O3.C4H10/c1-9(18)10-7-6-8-17(10)12(19)11(14(2,3)4)16-13(20)15-5;1-3-4-2/h10-11H,6-8H2,1-5H3,(H2,15,16,20);3-4H2,1-2H3. The van der Waals surface area contributed by atoms with Crippen LogP contribution in [0.5, 0.6) is 0 Å². The highest BCUT2D eigenvalue weighted by molar-refractivity contribution is 5.92. The summed E-state index contributed by atoms with van der Waals surface area (Å²) in [6, 6.07) is -1.39. The zero-order valence-corrected chi connectivity index (χ0v) is 16.4. The molecular formula is C18H35N3O3. The fraction of sp³-hybridized carbons (Fsp3) is 0.833. The number of urea groups is 1. The Hall–Kier alpha value is -1.59. The SMILES string of the molecule is CCCC.CNC(=O)NC(C(=O)N1CCCC1C(C)=O)C(C)(C)C. The zero-order chi connectivity index (χ0) is 18.9. The van der Waals surface area contributed by atoms with E-state index < -0.39 is 17.5 Å². The van der Waals surface area contributed by atoms with Gasteiger partial charge in [-0.2, -0.15) is 0 Å². The average Bonchev–Trinajstić information content (AvgIpc) is 3.00. The third-order valence-electron chi connectivity index (χ3n) is 4.12. The second-order valence-corrected chi connectivity index (χ2v) is 7.32. The Morgan fingerprint density at radius 2 is 1.71 bits per heavy atom. The minimum absolute atomic E-state index is 0.00320. The van der Waals surface area contributed by atoms with Crippen LogP contribution in [-0.4, -0.2) is 48.3 Å². The van der Waals surface area contributed by atoms with Gasteiger partial charge in [0.2, 0.25) is 5.91 Å². The van der Waals surface area contributed by atoms with E-state index in [4.69, 9.17) is 0 Å². The van der Waals surface area contributed by atoms with Crippen LogP contribution in [0.3, 0.4) is 0 Å². The molecule has 2 atom stereocenters. The van der Waals surface area contributed by atoms with E-state index in [1.54, 1.807) is 4.90 Å². The van der Waals surface area contributed by atoms with Gasteiger partial charge in [0.05, 0.1) is 6.04 Å². The first kappa shape index (κ1) is 22.4. The van der Waals surface area contributed by atoms with Crippen molar-refractivity contribution in [1.82, 2.24) is 15.5 Å². The van der Waals surface area contributed by atoms with Crippen LogP contribution >= 0.6 is 0 Å². The fourth-order valence-corrected chi connectivity index (χ4v) is 2.47. The molecule has 2 N–H and O–H groups in total. The number of unbranched alkanes of at least 4 members (excludes halogenated alkanes) is 1. The summed E-state index contributed by atoms with van der Waals surface area (Å²) in [5, 5.41) is 5.15. The van der Waals surface area contributed by atoms with E-state index in [0.29, 0.717) is 13.0 Å². The highest BCUT2D eigenvalue weighted by atomic mass is 16.2. The number of amides is 3. The molecular weight excluding hydrogens is 306 g/mol. The molecule has 0 radical (unpaired) electrons. The third kappa shape index (κ3) is 6.89. The van der Waals surface area contributed by atoms with Crippen molar-refractivity contribution in [2.45, 2.75) is 79.3 Å². The summed E-state index contributed by atoms with van der Waals surface area (Å²) in [6.07, 6.45) is 4.17. The molecule has 1 saturated heterocycles. The van der Waals surface area contributed by atoms with E-state index in [9.17, 15) is 14.4 Å².